The van der Waals surface area contributed by atoms with Crippen LogP contribution in [0.5, 0.6) is 5.75 Å². The first-order valence-corrected chi connectivity index (χ1v) is 14.7. The van der Waals surface area contributed by atoms with Crippen LogP contribution in [0.4, 0.5) is 0 Å². The molecule has 2 aromatic rings. The number of aromatic hydroxyl groups is 1. The van der Waals surface area contributed by atoms with Crippen molar-refractivity contribution in [3.63, 3.8) is 0 Å². The molecule has 230 valence electrons. The number of nitrogens with one attached hydrogen (secondary N) is 2. The number of esters is 2. The van der Waals surface area contributed by atoms with E-state index in [0.29, 0.717) is 0 Å². The maximum atomic E-state index is 13.3. The molecule has 1 unspecified atom stereocenters. The highest BCUT2D eigenvalue weighted by molar-refractivity contribution is 5.93. The molecule has 1 saturated heterocycles. The summed E-state index contributed by atoms with van der Waals surface area (Å²) in [5, 5.41) is 15.0. The number of hydrogen-bond acceptors (Lipinski definition) is 8. The van der Waals surface area contributed by atoms with E-state index < -0.39 is 42.0 Å². The maximum absolute atomic E-state index is 13.3. The van der Waals surface area contributed by atoms with Crippen molar-refractivity contribution in [1.82, 2.24) is 10.6 Å². The highest BCUT2D eigenvalue weighted by Crippen LogP contribution is 2.45. The van der Waals surface area contributed by atoms with E-state index in [2.05, 4.69) is 10.6 Å². The number of carbonyl (C=O) groups is 4. The Bertz CT molecular complexity index is 1290. The minimum atomic E-state index is -1.11. The van der Waals surface area contributed by atoms with Gasteiger partial charge in [0.15, 0.2) is 6.10 Å². The summed E-state index contributed by atoms with van der Waals surface area (Å²) in [7, 11) is 0. The number of amides is 2. The molecule has 4 rings (SSSR count). The number of cyclic esters (lactones) is 2. The topological polar surface area (TPSA) is 144 Å². The number of phenols is 1. The molecule has 43 heavy (non-hydrogen) atoms. The average molecular weight is 593 g/mol. The van der Waals surface area contributed by atoms with Crippen LogP contribution in [0.3, 0.4) is 0 Å². The lowest BCUT2D eigenvalue weighted by atomic mass is 9.93. The molecule has 2 aliphatic rings. The van der Waals surface area contributed by atoms with Gasteiger partial charge in [0.1, 0.15) is 24.0 Å². The van der Waals surface area contributed by atoms with Gasteiger partial charge in [-0.25, -0.2) is 4.79 Å². The SMILES string of the molecule is CC(C)C[C@@H]1OC(=O)CCNC(=O)[C@@H](Cc2ccc(O)cc2)NC(=O)/C=C/C[C@@H]([C@H](C)[C@H]2OC2c2ccccc2)OC1=O. The van der Waals surface area contributed by atoms with Gasteiger partial charge in [0.25, 0.3) is 0 Å². The van der Waals surface area contributed by atoms with Gasteiger partial charge in [-0.2, -0.15) is 0 Å². The normalized spacial score (nSPS) is 26.9. The minimum absolute atomic E-state index is 0.0432. The third-order valence-electron chi connectivity index (χ3n) is 7.52. The second kappa shape index (κ2) is 14.8. The summed E-state index contributed by atoms with van der Waals surface area (Å²) in [6.45, 7) is 5.72. The Hall–Kier alpha value is -4.18. The second-order valence-electron chi connectivity index (χ2n) is 11.5. The molecule has 2 amide bonds. The molecule has 10 nitrogen and oxygen atoms in total. The Balaban J connectivity index is 1.54. The van der Waals surface area contributed by atoms with E-state index in [1.807, 2.05) is 51.1 Å². The van der Waals surface area contributed by atoms with Crippen LogP contribution in [0.25, 0.3) is 0 Å². The second-order valence-corrected chi connectivity index (χ2v) is 11.5. The zero-order valence-electron chi connectivity index (χ0n) is 24.7. The number of phenolic OH excluding ortho intramolecular Hbond substituents is 1. The summed E-state index contributed by atoms with van der Waals surface area (Å²) in [5.74, 6) is -2.37. The molecule has 0 aliphatic carbocycles. The van der Waals surface area contributed by atoms with Crippen molar-refractivity contribution in [2.45, 2.75) is 76.9 Å². The van der Waals surface area contributed by atoms with Gasteiger partial charge < -0.3 is 30.0 Å². The first-order valence-electron chi connectivity index (χ1n) is 14.7. The van der Waals surface area contributed by atoms with Crippen LogP contribution >= 0.6 is 0 Å². The Morgan fingerprint density at radius 3 is 2.37 bits per heavy atom. The Labute approximate surface area is 251 Å². The van der Waals surface area contributed by atoms with Gasteiger partial charge in [-0.05, 0) is 41.7 Å². The van der Waals surface area contributed by atoms with E-state index >= 15 is 0 Å². The molecule has 2 aliphatic heterocycles. The zero-order valence-corrected chi connectivity index (χ0v) is 24.7. The highest BCUT2D eigenvalue weighted by atomic mass is 16.6. The lowest BCUT2D eigenvalue weighted by molar-refractivity contribution is -0.174. The van der Waals surface area contributed by atoms with Crippen molar-refractivity contribution in [1.29, 1.82) is 0 Å². The van der Waals surface area contributed by atoms with Gasteiger partial charge in [0.05, 0.1) is 12.5 Å². The van der Waals surface area contributed by atoms with Crippen LogP contribution in [0, 0.1) is 11.8 Å². The summed E-state index contributed by atoms with van der Waals surface area (Å²) in [4.78, 5) is 52.0. The van der Waals surface area contributed by atoms with Gasteiger partial charge in [0, 0.05) is 25.3 Å². The zero-order chi connectivity index (χ0) is 30.9. The van der Waals surface area contributed by atoms with E-state index in [1.54, 1.807) is 18.2 Å². The molecule has 0 aromatic heterocycles. The number of rotatable bonds is 7. The third kappa shape index (κ3) is 9.41. The Morgan fingerprint density at radius 2 is 1.67 bits per heavy atom. The van der Waals surface area contributed by atoms with Gasteiger partial charge in [-0.3, -0.25) is 14.4 Å². The molecule has 10 heteroatoms. The molecular formula is C33H40N2O8. The summed E-state index contributed by atoms with van der Waals surface area (Å²) in [6.07, 6.45) is 1.32. The predicted molar refractivity (Wildman–Crippen MR) is 158 cm³/mol. The van der Waals surface area contributed by atoms with Gasteiger partial charge in [-0.1, -0.05) is 69.3 Å². The van der Waals surface area contributed by atoms with E-state index in [1.165, 1.54) is 18.2 Å². The highest BCUT2D eigenvalue weighted by Gasteiger charge is 2.47. The molecule has 0 saturated carbocycles. The van der Waals surface area contributed by atoms with Crippen LogP contribution < -0.4 is 10.6 Å². The van der Waals surface area contributed by atoms with Crippen molar-refractivity contribution >= 4 is 23.8 Å². The van der Waals surface area contributed by atoms with E-state index in [4.69, 9.17) is 14.2 Å². The van der Waals surface area contributed by atoms with Gasteiger partial charge in [0.2, 0.25) is 11.8 Å². The molecule has 0 radical (unpaired) electrons. The number of epoxide rings is 1. The van der Waals surface area contributed by atoms with Crippen molar-refractivity contribution in [3.05, 3.63) is 77.9 Å². The van der Waals surface area contributed by atoms with E-state index in [-0.39, 0.29) is 62.0 Å². The molecule has 2 aromatic carbocycles. The summed E-state index contributed by atoms with van der Waals surface area (Å²) in [6, 6.07) is 15.2. The van der Waals surface area contributed by atoms with Crippen molar-refractivity contribution < 1.29 is 38.5 Å². The molecular weight excluding hydrogens is 552 g/mol. The fourth-order valence-corrected chi connectivity index (χ4v) is 5.10. The van der Waals surface area contributed by atoms with Crippen LogP contribution in [-0.2, 0) is 39.8 Å². The standard InChI is InChI=1S/C33H40N2O8/c1-20(2)18-27-33(40)42-26(21(3)30-31(43-30)23-8-5-4-6-9-23)10-7-11-28(37)35-25(19-22-12-14-24(36)15-13-22)32(39)34-17-16-29(38)41-27/h4-9,11-15,20-21,25-27,30-31,36H,10,16-19H2,1-3H3,(H,34,39)(H,35,37)/b11-7+/t21-,25+,26-,27-,30+,31?/m0/s1. The third-order valence-corrected chi connectivity index (χ3v) is 7.52. The largest absolute Gasteiger partial charge is 0.508 e. The van der Waals surface area contributed by atoms with Gasteiger partial charge in [-0.15, -0.1) is 0 Å². The number of ether oxygens (including phenoxy) is 3. The summed E-state index contributed by atoms with van der Waals surface area (Å²) >= 11 is 0. The molecule has 0 bridgehead atoms. The van der Waals surface area contributed by atoms with Crippen LogP contribution in [0.2, 0.25) is 0 Å². The van der Waals surface area contributed by atoms with E-state index in [0.717, 1.165) is 11.1 Å². The average Bonchev–Trinajstić information content (AvgIpc) is 3.77. The lowest BCUT2D eigenvalue weighted by Crippen LogP contribution is -2.48. The predicted octanol–water partition coefficient (Wildman–Crippen LogP) is 3.53. The summed E-state index contributed by atoms with van der Waals surface area (Å²) < 4.78 is 17.5. The minimum Gasteiger partial charge on any atom is -0.508 e. The van der Waals surface area contributed by atoms with Crippen molar-refractivity contribution in [2.75, 3.05) is 6.54 Å². The van der Waals surface area contributed by atoms with Crippen molar-refractivity contribution in [3.8, 4) is 5.75 Å². The molecule has 0 spiro atoms. The fourth-order valence-electron chi connectivity index (χ4n) is 5.10. The van der Waals surface area contributed by atoms with Crippen LogP contribution in [-0.4, -0.2) is 59.8 Å². The van der Waals surface area contributed by atoms with E-state index in [9.17, 15) is 24.3 Å². The molecule has 1 fully saturated rings. The monoisotopic (exact) mass is 592 g/mol. The molecule has 6 atom stereocenters. The summed E-state index contributed by atoms with van der Waals surface area (Å²) in [5.41, 5.74) is 1.75. The maximum Gasteiger partial charge on any atom is 0.347 e. The first-order chi connectivity index (χ1) is 20.6. The van der Waals surface area contributed by atoms with Crippen LogP contribution in [0.15, 0.2) is 66.7 Å². The number of carbonyl (C=O) groups excluding carboxylic acids is 4. The van der Waals surface area contributed by atoms with Crippen molar-refractivity contribution in [2.24, 2.45) is 11.8 Å². The smallest absolute Gasteiger partial charge is 0.347 e. The first kappa shape index (κ1) is 31.7. The lowest BCUT2D eigenvalue weighted by Gasteiger charge is -2.26. The van der Waals surface area contributed by atoms with Gasteiger partial charge >= 0.3 is 11.9 Å². The Kier molecular flexibility index (Phi) is 10.9. The Morgan fingerprint density at radius 1 is 0.953 bits per heavy atom. The number of hydrogen-bond donors (Lipinski definition) is 3. The molecule has 3 N–H and O–H groups in total. The quantitative estimate of drug-likeness (QED) is 0.327. The van der Waals surface area contributed by atoms with Crippen LogP contribution in [0.1, 0.15) is 57.3 Å². The number of benzene rings is 2. The fraction of sp³-hybridized carbons (Fsp3) is 0.455. The molecule has 2 heterocycles.